The van der Waals surface area contributed by atoms with Gasteiger partial charge in [-0.3, -0.25) is 4.79 Å². The third kappa shape index (κ3) is 2.92. The zero-order valence-electron chi connectivity index (χ0n) is 16.6. The van der Waals surface area contributed by atoms with Gasteiger partial charge in [-0.05, 0) is 83.0 Å². The maximum absolute atomic E-state index is 12.8. The van der Waals surface area contributed by atoms with Crippen molar-refractivity contribution in [1.29, 1.82) is 0 Å². The zero-order valence-corrected chi connectivity index (χ0v) is 16.6. The smallest absolute Gasteiger partial charge is 0.312 e. The molecule has 0 N–H and O–H groups in total. The Morgan fingerprint density at radius 3 is 2.27 bits per heavy atom. The molecule has 1 saturated heterocycles. The molecule has 6 fully saturated rings. The van der Waals surface area contributed by atoms with Crippen LogP contribution in [0.3, 0.4) is 0 Å². The number of carbonyl (C=O) groups is 1. The minimum absolute atomic E-state index is 0.00914. The topological polar surface area (TPSA) is 48.1 Å². The molecule has 0 aromatic heterocycles. The minimum Gasteiger partial charge on any atom is -0.459 e. The van der Waals surface area contributed by atoms with Gasteiger partial charge in [0.1, 0.15) is 5.60 Å². The van der Waals surface area contributed by atoms with E-state index >= 15 is 0 Å². The fraction of sp³-hybridized carbons (Fsp3) is 0.955. The average molecular weight is 363 g/mol. The number of esters is 1. The molecule has 6 aliphatic rings. The fourth-order valence-electron chi connectivity index (χ4n) is 6.64. The number of hydrogen-bond donors (Lipinski definition) is 0. The lowest BCUT2D eigenvalue weighted by atomic mass is 9.52. The lowest BCUT2D eigenvalue weighted by Gasteiger charge is -2.61. The number of fused-ring (bicyclic) bond motifs is 1. The van der Waals surface area contributed by atoms with E-state index < -0.39 is 0 Å². The summed E-state index contributed by atoms with van der Waals surface area (Å²) in [6, 6.07) is 0. The maximum atomic E-state index is 12.8. The van der Waals surface area contributed by atoms with Crippen LogP contribution in [0.25, 0.3) is 0 Å². The molecule has 26 heavy (non-hydrogen) atoms. The van der Waals surface area contributed by atoms with Crippen molar-refractivity contribution in [3.05, 3.63) is 0 Å². The van der Waals surface area contributed by atoms with Crippen LogP contribution in [0.2, 0.25) is 0 Å². The molecule has 5 saturated carbocycles. The highest BCUT2D eigenvalue weighted by atomic mass is 16.6. The van der Waals surface area contributed by atoms with Crippen molar-refractivity contribution < 1.29 is 19.0 Å². The summed E-state index contributed by atoms with van der Waals surface area (Å²) in [6.07, 6.45) is 10.9. The molecule has 0 spiro atoms. The Kier molecular flexibility index (Phi) is 3.83. The standard InChI is InChI=1S/C22H34O4/c1-4-20(2,3)19(23)26-22-10-15-5-16(11-22)9-21(8-15,13-22)24-12-14-6-17-18(7-14)25-17/h14-18H,4-13H2,1-3H3. The number of epoxide rings is 1. The first kappa shape index (κ1) is 17.5. The first-order chi connectivity index (χ1) is 12.3. The van der Waals surface area contributed by atoms with Gasteiger partial charge in [-0.15, -0.1) is 0 Å². The highest BCUT2D eigenvalue weighted by molar-refractivity contribution is 5.76. The summed E-state index contributed by atoms with van der Waals surface area (Å²) < 4.78 is 18.5. The molecule has 0 aromatic carbocycles. The van der Waals surface area contributed by atoms with E-state index in [9.17, 15) is 4.79 Å². The normalized spacial score (nSPS) is 48.5. The predicted octanol–water partition coefficient (Wildman–Crippen LogP) is 4.25. The van der Waals surface area contributed by atoms with Crippen LogP contribution in [0.1, 0.15) is 78.6 Å². The van der Waals surface area contributed by atoms with Crippen LogP contribution < -0.4 is 0 Å². The molecule has 1 heterocycles. The second-order valence-corrected chi connectivity index (χ2v) is 10.8. The van der Waals surface area contributed by atoms with E-state index in [-0.39, 0.29) is 22.6 Å². The van der Waals surface area contributed by atoms with Crippen LogP contribution >= 0.6 is 0 Å². The summed E-state index contributed by atoms with van der Waals surface area (Å²) in [6.45, 7) is 6.97. The molecule has 0 amide bonds. The Morgan fingerprint density at radius 2 is 1.65 bits per heavy atom. The van der Waals surface area contributed by atoms with E-state index in [0.29, 0.717) is 30.0 Å². The quantitative estimate of drug-likeness (QED) is 0.523. The van der Waals surface area contributed by atoms with Gasteiger partial charge in [0, 0.05) is 6.42 Å². The van der Waals surface area contributed by atoms with Gasteiger partial charge in [0.15, 0.2) is 0 Å². The summed E-state index contributed by atoms with van der Waals surface area (Å²) in [5.41, 5.74) is -0.675. The average Bonchev–Trinajstić information content (AvgIpc) is 3.17. The van der Waals surface area contributed by atoms with Crippen LogP contribution in [0.15, 0.2) is 0 Å². The Labute approximate surface area is 157 Å². The number of hydrogen-bond acceptors (Lipinski definition) is 4. The van der Waals surface area contributed by atoms with Gasteiger partial charge in [-0.1, -0.05) is 6.92 Å². The Hall–Kier alpha value is -0.610. The maximum Gasteiger partial charge on any atom is 0.312 e. The van der Waals surface area contributed by atoms with Crippen molar-refractivity contribution >= 4 is 5.97 Å². The zero-order chi connectivity index (χ0) is 18.2. The fourth-order valence-corrected chi connectivity index (χ4v) is 6.64. The number of rotatable bonds is 6. The van der Waals surface area contributed by atoms with Crippen LogP contribution in [0.4, 0.5) is 0 Å². The minimum atomic E-state index is -0.387. The summed E-state index contributed by atoms with van der Waals surface area (Å²) in [4.78, 5) is 12.8. The van der Waals surface area contributed by atoms with Crippen molar-refractivity contribution in [2.24, 2.45) is 23.2 Å². The molecule has 4 unspecified atom stereocenters. The van der Waals surface area contributed by atoms with Crippen molar-refractivity contribution in [2.45, 2.75) is 102 Å². The van der Waals surface area contributed by atoms with Gasteiger partial charge >= 0.3 is 5.97 Å². The Balaban J connectivity index is 1.28. The van der Waals surface area contributed by atoms with E-state index in [1.165, 1.54) is 32.1 Å². The van der Waals surface area contributed by atoms with Crippen LogP contribution in [-0.4, -0.2) is 36.0 Å². The van der Waals surface area contributed by atoms with E-state index in [1.54, 1.807) is 0 Å². The molecule has 5 aliphatic carbocycles. The number of carbonyl (C=O) groups excluding carboxylic acids is 1. The largest absolute Gasteiger partial charge is 0.459 e. The van der Waals surface area contributed by atoms with Gasteiger partial charge in [0.2, 0.25) is 0 Å². The van der Waals surface area contributed by atoms with Crippen LogP contribution in [0, 0.1) is 23.2 Å². The van der Waals surface area contributed by atoms with E-state index in [0.717, 1.165) is 32.3 Å². The molecule has 4 atom stereocenters. The molecule has 0 aromatic rings. The molecule has 6 rings (SSSR count). The first-order valence-electron chi connectivity index (χ1n) is 10.8. The summed E-state index contributed by atoms with van der Waals surface area (Å²) in [5.74, 6) is 2.01. The van der Waals surface area contributed by atoms with Crippen molar-refractivity contribution in [3.63, 3.8) is 0 Å². The van der Waals surface area contributed by atoms with Gasteiger partial charge < -0.3 is 14.2 Å². The summed E-state index contributed by atoms with van der Waals surface area (Å²) >= 11 is 0. The summed E-state index contributed by atoms with van der Waals surface area (Å²) in [5, 5.41) is 0. The molecular weight excluding hydrogens is 328 g/mol. The number of ether oxygens (including phenoxy) is 3. The second-order valence-electron chi connectivity index (χ2n) is 10.8. The van der Waals surface area contributed by atoms with Crippen LogP contribution in [0.5, 0.6) is 0 Å². The third-order valence-electron chi connectivity index (χ3n) is 8.14. The first-order valence-corrected chi connectivity index (χ1v) is 10.8. The van der Waals surface area contributed by atoms with Crippen molar-refractivity contribution in [1.82, 2.24) is 0 Å². The molecule has 4 nitrogen and oxygen atoms in total. The molecule has 146 valence electrons. The molecule has 4 bridgehead atoms. The highest BCUT2D eigenvalue weighted by Crippen LogP contribution is 2.60. The predicted molar refractivity (Wildman–Crippen MR) is 97.6 cm³/mol. The second kappa shape index (κ2) is 5.70. The Bertz CT molecular complexity index is 573. The van der Waals surface area contributed by atoms with Crippen LogP contribution in [-0.2, 0) is 19.0 Å². The summed E-state index contributed by atoms with van der Waals surface area (Å²) in [7, 11) is 0. The highest BCUT2D eigenvalue weighted by Gasteiger charge is 2.61. The third-order valence-corrected chi connectivity index (χ3v) is 8.14. The van der Waals surface area contributed by atoms with E-state index in [4.69, 9.17) is 14.2 Å². The Morgan fingerprint density at radius 1 is 1.04 bits per heavy atom. The lowest BCUT2D eigenvalue weighted by molar-refractivity contribution is -0.240. The molecule has 1 aliphatic heterocycles. The molecule has 4 heteroatoms. The lowest BCUT2D eigenvalue weighted by Crippen LogP contribution is -2.62. The molecule has 0 radical (unpaired) electrons. The van der Waals surface area contributed by atoms with E-state index in [1.807, 2.05) is 13.8 Å². The SMILES string of the molecule is CCC(C)(C)C(=O)OC12CC3CC(CC(OCC4CC5OC5C4)(C3)C1)C2. The van der Waals surface area contributed by atoms with Crippen molar-refractivity contribution in [2.75, 3.05) is 6.61 Å². The van der Waals surface area contributed by atoms with Crippen molar-refractivity contribution in [3.8, 4) is 0 Å². The van der Waals surface area contributed by atoms with Gasteiger partial charge in [0.25, 0.3) is 0 Å². The van der Waals surface area contributed by atoms with Gasteiger partial charge in [-0.25, -0.2) is 0 Å². The monoisotopic (exact) mass is 362 g/mol. The van der Waals surface area contributed by atoms with Gasteiger partial charge in [-0.2, -0.15) is 0 Å². The van der Waals surface area contributed by atoms with Gasteiger partial charge in [0.05, 0.1) is 29.8 Å². The van der Waals surface area contributed by atoms with E-state index in [2.05, 4.69) is 6.92 Å². The molecular formula is C22H34O4.